The highest BCUT2D eigenvalue weighted by atomic mass is 15.1. The molecule has 1 nitrogen and oxygen atoms in total. The van der Waals surface area contributed by atoms with Crippen LogP contribution in [0.1, 0.15) is 28.2 Å². The molecule has 1 aliphatic carbocycles. The second-order valence-electron chi connectivity index (χ2n) is 9.79. The molecule has 1 unspecified atom stereocenters. The Bertz CT molecular complexity index is 1740. The first-order chi connectivity index (χ1) is 18.9. The van der Waals surface area contributed by atoms with E-state index >= 15 is 0 Å². The summed E-state index contributed by atoms with van der Waals surface area (Å²) in [6, 6.07) is 54.5. The van der Waals surface area contributed by atoms with Crippen molar-refractivity contribution in [3.63, 3.8) is 0 Å². The Labute approximate surface area is 224 Å². The maximum Gasteiger partial charge on any atom is 0.0540 e. The fraction of sp³-hybridized carbons (Fsp3) is 0.0270. The zero-order chi connectivity index (χ0) is 25.3. The van der Waals surface area contributed by atoms with Crippen LogP contribution in [-0.2, 0) is 0 Å². The lowest BCUT2D eigenvalue weighted by Gasteiger charge is -2.27. The monoisotopic (exact) mass is 485 g/mol. The molecule has 0 heterocycles. The molecule has 0 saturated heterocycles. The first kappa shape index (κ1) is 22.3. The summed E-state index contributed by atoms with van der Waals surface area (Å²) >= 11 is 0. The highest BCUT2D eigenvalue weighted by Gasteiger charge is 2.27. The van der Waals surface area contributed by atoms with Gasteiger partial charge in [-0.3, -0.25) is 0 Å². The van der Waals surface area contributed by atoms with Crippen LogP contribution in [-0.4, -0.2) is 0 Å². The average Bonchev–Trinajstić information content (AvgIpc) is 3.39. The third kappa shape index (κ3) is 3.90. The van der Waals surface area contributed by atoms with Gasteiger partial charge in [-0.1, -0.05) is 121 Å². The van der Waals surface area contributed by atoms with E-state index < -0.39 is 0 Å². The first-order valence-corrected chi connectivity index (χ1v) is 13.2. The van der Waals surface area contributed by atoms with Crippen LogP contribution in [0.5, 0.6) is 0 Å². The summed E-state index contributed by atoms with van der Waals surface area (Å²) in [5.74, 6) is 0.238. The molecule has 1 heteroatoms. The van der Waals surface area contributed by atoms with E-state index in [4.69, 9.17) is 0 Å². The highest BCUT2D eigenvalue weighted by Crippen LogP contribution is 2.46. The van der Waals surface area contributed by atoms with Crippen molar-refractivity contribution in [1.29, 1.82) is 0 Å². The topological polar surface area (TPSA) is 3.24 Å². The number of hydrogen-bond donors (Lipinski definition) is 0. The summed E-state index contributed by atoms with van der Waals surface area (Å²) in [4.78, 5) is 2.36. The molecule has 1 atom stereocenters. The predicted molar refractivity (Wildman–Crippen MR) is 161 cm³/mol. The second-order valence-corrected chi connectivity index (χ2v) is 9.79. The zero-order valence-electron chi connectivity index (χ0n) is 21.0. The Kier molecular flexibility index (Phi) is 5.60. The molecular weight excluding hydrogens is 458 g/mol. The number of nitrogens with zero attached hydrogens (tertiary/aromatic N) is 1. The van der Waals surface area contributed by atoms with Crippen molar-refractivity contribution in [1.82, 2.24) is 0 Å². The molecule has 6 aromatic carbocycles. The lowest BCUT2D eigenvalue weighted by Crippen LogP contribution is -2.10. The minimum absolute atomic E-state index is 0.238. The minimum Gasteiger partial charge on any atom is -0.310 e. The number of allylic oxidation sites excluding steroid dienone is 1. The molecule has 6 aromatic rings. The fourth-order valence-electron chi connectivity index (χ4n) is 5.79. The molecule has 0 bridgehead atoms. The van der Waals surface area contributed by atoms with Crippen molar-refractivity contribution >= 4 is 39.5 Å². The summed E-state index contributed by atoms with van der Waals surface area (Å²) in [6.07, 6.45) is 2.36. The van der Waals surface area contributed by atoms with Crippen molar-refractivity contribution in [2.24, 2.45) is 0 Å². The molecule has 0 N–H and O–H groups in total. The molecule has 0 radical (unpaired) electrons. The van der Waals surface area contributed by atoms with E-state index in [-0.39, 0.29) is 5.92 Å². The van der Waals surface area contributed by atoms with E-state index in [1.165, 1.54) is 44.3 Å². The van der Waals surface area contributed by atoms with E-state index in [1.54, 1.807) is 0 Å². The van der Waals surface area contributed by atoms with Gasteiger partial charge in [-0.25, -0.2) is 0 Å². The van der Waals surface area contributed by atoms with Crippen molar-refractivity contribution in [2.45, 2.75) is 5.92 Å². The lowest BCUT2D eigenvalue weighted by molar-refractivity contribution is 1.07. The van der Waals surface area contributed by atoms with Gasteiger partial charge in [0.1, 0.15) is 0 Å². The average molecular weight is 486 g/mol. The molecule has 1 aliphatic rings. The summed E-state index contributed by atoms with van der Waals surface area (Å²) in [5, 5.41) is 2.48. The second kappa shape index (κ2) is 9.53. The van der Waals surface area contributed by atoms with E-state index in [9.17, 15) is 0 Å². The molecule has 0 aliphatic heterocycles. The zero-order valence-corrected chi connectivity index (χ0v) is 21.0. The molecule has 7 rings (SSSR count). The van der Waals surface area contributed by atoms with Crippen LogP contribution < -0.4 is 4.90 Å². The van der Waals surface area contributed by atoms with Crippen molar-refractivity contribution in [3.8, 4) is 0 Å². The standard InChI is InChI=1S/C37H27N/c1-3-13-29(14-4-1)37-34-20-10-8-15-30(34)26-35(37)28-22-24-32(25-23-28)38(31-17-5-2-6-18-31)36-21-11-16-27-12-7-9-19-33(27)36/h1-26,37H. The Morgan fingerprint density at radius 3 is 1.92 bits per heavy atom. The highest BCUT2D eigenvalue weighted by molar-refractivity contribution is 5.99. The van der Waals surface area contributed by atoms with Gasteiger partial charge in [0.15, 0.2) is 0 Å². The van der Waals surface area contributed by atoms with Crippen LogP contribution in [0.4, 0.5) is 17.1 Å². The largest absolute Gasteiger partial charge is 0.310 e. The number of benzene rings is 6. The lowest BCUT2D eigenvalue weighted by atomic mass is 9.85. The van der Waals surface area contributed by atoms with Gasteiger partial charge in [0, 0.05) is 22.7 Å². The number of anilines is 3. The van der Waals surface area contributed by atoms with Gasteiger partial charge >= 0.3 is 0 Å². The Morgan fingerprint density at radius 1 is 0.474 bits per heavy atom. The molecule has 180 valence electrons. The molecular formula is C37H27N. The molecule has 0 aromatic heterocycles. The molecule has 0 saturated carbocycles. The molecule has 0 amide bonds. The molecule has 0 fully saturated rings. The van der Waals surface area contributed by atoms with E-state index in [0.29, 0.717) is 0 Å². The third-order valence-corrected chi connectivity index (χ3v) is 7.54. The Hall–Kier alpha value is -4.88. The van der Waals surface area contributed by atoms with E-state index in [0.717, 1.165) is 11.4 Å². The van der Waals surface area contributed by atoms with Gasteiger partial charge in [0.05, 0.1) is 5.69 Å². The summed E-state index contributed by atoms with van der Waals surface area (Å²) in [7, 11) is 0. The summed E-state index contributed by atoms with van der Waals surface area (Å²) in [5.41, 5.74) is 10.1. The normalized spacial score (nSPS) is 14.2. The van der Waals surface area contributed by atoms with Gasteiger partial charge in [-0.2, -0.15) is 0 Å². The maximum atomic E-state index is 2.36. The first-order valence-electron chi connectivity index (χ1n) is 13.2. The van der Waals surface area contributed by atoms with Crippen LogP contribution in [0.2, 0.25) is 0 Å². The number of fused-ring (bicyclic) bond motifs is 2. The third-order valence-electron chi connectivity index (χ3n) is 7.54. The van der Waals surface area contributed by atoms with Crippen molar-refractivity contribution < 1.29 is 0 Å². The van der Waals surface area contributed by atoms with E-state index in [1.807, 2.05) is 0 Å². The minimum atomic E-state index is 0.238. The van der Waals surface area contributed by atoms with Gasteiger partial charge in [-0.15, -0.1) is 0 Å². The molecule has 0 spiro atoms. The maximum absolute atomic E-state index is 2.36. The molecule has 38 heavy (non-hydrogen) atoms. The summed E-state index contributed by atoms with van der Waals surface area (Å²) in [6.45, 7) is 0. The van der Waals surface area contributed by atoms with E-state index in [2.05, 4.69) is 163 Å². The quantitative estimate of drug-likeness (QED) is 0.235. The van der Waals surface area contributed by atoms with Crippen molar-refractivity contribution in [3.05, 3.63) is 174 Å². The Morgan fingerprint density at radius 2 is 1.11 bits per heavy atom. The van der Waals surface area contributed by atoms with Crippen LogP contribution in [0.3, 0.4) is 0 Å². The van der Waals surface area contributed by atoms with Crippen LogP contribution >= 0.6 is 0 Å². The van der Waals surface area contributed by atoms with Crippen LogP contribution in [0, 0.1) is 0 Å². The smallest absolute Gasteiger partial charge is 0.0540 e. The fourth-order valence-corrected chi connectivity index (χ4v) is 5.79. The van der Waals surface area contributed by atoms with Crippen molar-refractivity contribution in [2.75, 3.05) is 4.90 Å². The number of para-hydroxylation sites is 1. The van der Waals surface area contributed by atoms with Gasteiger partial charge in [0.2, 0.25) is 0 Å². The van der Waals surface area contributed by atoms with Crippen LogP contribution in [0.15, 0.2) is 152 Å². The van der Waals surface area contributed by atoms with Gasteiger partial charge < -0.3 is 4.90 Å². The summed E-state index contributed by atoms with van der Waals surface area (Å²) < 4.78 is 0. The Balaban J connectivity index is 1.33. The van der Waals surface area contributed by atoms with Gasteiger partial charge in [0.25, 0.3) is 0 Å². The number of hydrogen-bond acceptors (Lipinski definition) is 1. The van der Waals surface area contributed by atoms with Crippen LogP contribution in [0.25, 0.3) is 22.4 Å². The predicted octanol–water partition coefficient (Wildman–Crippen LogP) is 10.00. The SMILES string of the molecule is C1=C(c2ccc(N(c3ccccc3)c3cccc4ccccc34)cc2)C(c2ccccc2)c2ccccc21. The van der Waals surface area contributed by atoms with Gasteiger partial charge in [-0.05, 0) is 69.6 Å². The number of rotatable bonds is 5.